The van der Waals surface area contributed by atoms with Gasteiger partial charge in [-0.15, -0.1) is 0 Å². The average Bonchev–Trinajstić information content (AvgIpc) is 2.40. The Morgan fingerprint density at radius 2 is 2.05 bits per heavy atom. The Kier molecular flexibility index (Phi) is 4.52. The van der Waals surface area contributed by atoms with Crippen molar-refractivity contribution in [2.24, 2.45) is 5.92 Å². The van der Waals surface area contributed by atoms with E-state index in [1.165, 1.54) is 0 Å². The number of carbonyl (C=O) groups is 1. The first-order valence-electron chi connectivity index (χ1n) is 6.42. The Morgan fingerprint density at radius 3 is 2.58 bits per heavy atom. The number of hydrogen-bond donors (Lipinski definition) is 1. The standard InChI is InChI=1S/C13H17BrN2O3/c1-2-19-11(17)9-3-5-13(18,6-4-9)12-15-7-10(14)8-16-12/h7-9,18H,2-6H2,1H3. The normalized spacial score (nSPS) is 27.0. The molecule has 1 saturated carbocycles. The number of aromatic nitrogens is 2. The van der Waals surface area contributed by atoms with Crippen LogP contribution in [-0.4, -0.2) is 27.7 Å². The first-order valence-corrected chi connectivity index (χ1v) is 7.21. The molecular weight excluding hydrogens is 312 g/mol. The number of hydrogen-bond acceptors (Lipinski definition) is 5. The lowest BCUT2D eigenvalue weighted by Crippen LogP contribution is -2.35. The van der Waals surface area contributed by atoms with E-state index >= 15 is 0 Å². The van der Waals surface area contributed by atoms with Gasteiger partial charge in [-0.25, -0.2) is 9.97 Å². The van der Waals surface area contributed by atoms with Crippen LogP contribution < -0.4 is 0 Å². The maximum absolute atomic E-state index is 11.6. The van der Waals surface area contributed by atoms with Gasteiger partial charge in [0.25, 0.3) is 0 Å². The highest BCUT2D eigenvalue weighted by Gasteiger charge is 2.39. The first kappa shape index (κ1) is 14.4. The molecule has 1 heterocycles. The fourth-order valence-corrected chi connectivity index (χ4v) is 2.57. The van der Waals surface area contributed by atoms with Crippen LogP contribution in [0.1, 0.15) is 38.4 Å². The number of nitrogens with zero attached hydrogens (tertiary/aromatic N) is 2. The summed E-state index contributed by atoms with van der Waals surface area (Å²) in [7, 11) is 0. The molecule has 19 heavy (non-hydrogen) atoms. The molecule has 1 aromatic rings. The molecule has 0 unspecified atom stereocenters. The summed E-state index contributed by atoms with van der Waals surface area (Å²) in [4.78, 5) is 20.0. The Labute approximate surface area is 120 Å². The van der Waals surface area contributed by atoms with Crippen molar-refractivity contribution in [2.75, 3.05) is 6.61 Å². The number of carbonyl (C=O) groups excluding carboxylic acids is 1. The third-order valence-corrected chi connectivity index (χ3v) is 3.88. The van der Waals surface area contributed by atoms with E-state index in [1.54, 1.807) is 19.3 Å². The number of ether oxygens (including phenoxy) is 1. The molecule has 1 aliphatic rings. The molecule has 1 fully saturated rings. The number of esters is 1. The van der Waals surface area contributed by atoms with Crippen molar-refractivity contribution < 1.29 is 14.6 Å². The maximum Gasteiger partial charge on any atom is 0.308 e. The topological polar surface area (TPSA) is 72.3 Å². The van der Waals surface area contributed by atoms with Crippen molar-refractivity contribution in [1.82, 2.24) is 9.97 Å². The van der Waals surface area contributed by atoms with E-state index in [0.29, 0.717) is 38.1 Å². The van der Waals surface area contributed by atoms with E-state index in [2.05, 4.69) is 25.9 Å². The minimum atomic E-state index is -1.02. The fraction of sp³-hybridized carbons (Fsp3) is 0.615. The summed E-state index contributed by atoms with van der Waals surface area (Å²) in [5, 5.41) is 10.6. The van der Waals surface area contributed by atoms with Gasteiger partial charge in [0.2, 0.25) is 0 Å². The summed E-state index contributed by atoms with van der Waals surface area (Å²) in [6, 6.07) is 0. The van der Waals surface area contributed by atoms with Gasteiger partial charge in [-0.05, 0) is 48.5 Å². The molecule has 0 aromatic carbocycles. The fourth-order valence-electron chi connectivity index (χ4n) is 2.37. The summed E-state index contributed by atoms with van der Waals surface area (Å²) in [6.45, 7) is 2.20. The van der Waals surface area contributed by atoms with E-state index in [9.17, 15) is 9.90 Å². The Hall–Kier alpha value is -1.01. The van der Waals surface area contributed by atoms with E-state index in [0.717, 1.165) is 4.47 Å². The van der Waals surface area contributed by atoms with Crippen LogP contribution in [0.3, 0.4) is 0 Å². The second-order valence-corrected chi connectivity index (χ2v) is 5.70. The Balaban J connectivity index is 2.01. The number of halogens is 1. The van der Waals surface area contributed by atoms with Crippen LogP contribution in [0.2, 0.25) is 0 Å². The van der Waals surface area contributed by atoms with E-state index in [1.807, 2.05) is 0 Å². The SMILES string of the molecule is CCOC(=O)C1CCC(O)(c2ncc(Br)cn2)CC1. The molecule has 0 amide bonds. The second-order valence-electron chi connectivity index (χ2n) is 4.78. The number of aliphatic hydroxyl groups is 1. The van der Waals surface area contributed by atoms with Gasteiger partial charge in [0.05, 0.1) is 17.0 Å². The molecule has 0 radical (unpaired) electrons. The summed E-state index contributed by atoms with van der Waals surface area (Å²) in [6.07, 6.45) is 5.43. The van der Waals surface area contributed by atoms with Crippen LogP contribution >= 0.6 is 15.9 Å². The van der Waals surface area contributed by atoms with Crippen molar-refractivity contribution >= 4 is 21.9 Å². The minimum Gasteiger partial charge on any atom is -0.466 e. The quantitative estimate of drug-likeness (QED) is 0.861. The van der Waals surface area contributed by atoms with Crippen LogP contribution in [0.15, 0.2) is 16.9 Å². The van der Waals surface area contributed by atoms with Gasteiger partial charge in [0, 0.05) is 12.4 Å². The highest BCUT2D eigenvalue weighted by molar-refractivity contribution is 9.10. The van der Waals surface area contributed by atoms with Gasteiger partial charge in [0.15, 0.2) is 5.82 Å². The van der Waals surface area contributed by atoms with Crippen molar-refractivity contribution in [3.63, 3.8) is 0 Å². The zero-order valence-electron chi connectivity index (χ0n) is 10.8. The number of rotatable bonds is 3. The molecule has 1 N–H and O–H groups in total. The van der Waals surface area contributed by atoms with Crippen molar-refractivity contribution in [3.05, 3.63) is 22.7 Å². The van der Waals surface area contributed by atoms with Gasteiger partial charge in [0.1, 0.15) is 5.60 Å². The lowest BCUT2D eigenvalue weighted by molar-refractivity contribution is -0.151. The molecule has 2 rings (SSSR count). The maximum atomic E-state index is 11.6. The highest BCUT2D eigenvalue weighted by Crippen LogP contribution is 2.38. The third kappa shape index (κ3) is 3.30. The molecule has 6 heteroatoms. The van der Waals surface area contributed by atoms with Crippen molar-refractivity contribution in [3.8, 4) is 0 Å². The molecule has 0 spiro atoms. The average molecular weight is 329 g/mol. The van der Waals surface area contributed by atoms with E-state index < -0.39 is 5.60 Å². The van der Waals surface area contributed by atoms with Crippen LogP contribution in [0, 0.1) is 5.92 Å². The molecule has 1 aromatic heterocycles. The lowest BCUT2D eigenvalue weighted by Gasteiger charge is -2.33. The summed E-state index contributed by atoms with van der Waals surface area (Å²) < 4.78 is 5.79. The van der Waals surface area contributed by atoms with Crippen molar-refractivity contribution in [2.45, 2.75) is 38.2 Å². The van der Waals surface area contributed by atoms with E-state index in [4.69, 9.17) is 4.74 Å². The first-order chi connectivity index (χ1) is 9.05. The van der Waals surface area contributed by atoms with Gasteiger partial charge in [-0.2, -0.15) is 0 Å². The zero-order chi connectivity index (χ0) is 13.9. The minimum absolute atomic E-state index is 0.115. The molecule has 0 aliphatic heterocycles. The smallest absolute Gasteiger partial charge is 0.308 e. The molecule has 0 saturated heterocycles. The summed E-state index contributed by atoms with van der Waals surface area (Å²) >= 11 is 3.27. The second kappa shape index (κ2) is 5.96. The molecule has 0 atom stereocenters. The predicted molar refractivity (Wildman–Crippen MR) is 72.2 cm³/mol. The summed E-state index contributed by atoms with van der Waals surface area (Å²) in [5.41, 5.74) is -1.02. The highest BCUT2D eigenvalue weighted by atomic mass is 79.9. The molecule has 104 valence electrons. The van der Waals surface area contributed by atoms with Crippen LogP contribution in [-0.2, 0) is 15.1 Å². The molecule has 5 nitrogen and oxygen atoms in total. The lowest BCUT2D eigenvalue weighted by atomic mass is 9.78. The summed E-state index contributed by atoms with van der Waals surface area (Å²) in [5.74, 6) is 0.148. The zero-order valence-corrected chi connectivity index (χ0v) is 12.4. The molecular formula is C13H17BrN2O3. The van der Waals surface area contributed by atoms with Gasteiger partial charge < -0.3 is 9.84 Å². The Bertz CT molecular complexity index is 442. The van der Waals surface area contributed by atoms with Gasteiger partial charge in [-0.1, -0.05) is 0 Å². The molecule has 1 aliphatic carbocycles. The third-order valence-electron chi connectivity index (χ3n) is 3.47. The van der Waals surface area contributed by atoms with E-state index in [-0.39, 0.29) is 11.9 Å². The van der Waals surface area contributed by atoms with Gasteiger partial charge in [-0.3, -0.25) is 4.79 Å². The van der Waals surface area contributed by atoms with Crippen LogP contribution in [0.25, 0.3) is 0 Å². The monoisotopic (exact) mass is 328 g/mol. The Morgan fingerprint density at radius 1 is 1.47 bits per heavy atom. The molecule has 0 bridgehead atoms. The van der Waals surface area contributed by atoms with Crippen LogP contribution in [0.5, 0.6) is 0 Å². The predicted octanol–water partition coefficient (Wildman–Crippen LogP) is 2.18. The van der Waals surface area contributed by atoms with Crippen molar-refractivity contribution in [1.29, 1.82) is 0 Å². The van der Waals surface area contributed by atoms with Crippen LogP contribution in [0.4, 0.5) is 0 Å². The van der Waals surface area contributed by atoms with Gasteiger partial charge >= 0.3 is 5.97 Å². The largest absolute Gasteiger partial charge is 0.466 e.